The zero-order valence-electron chi connectivity index (χ0n) is 11.6. The molecular weight excluding hydrogens is 284 g/mol. The lowest BCUT2D eigenvalue weighted by molar-refractivity contribution is 0.0692. The van der Waals surface area contributed by atoms with Crippen molar-refractivity contribution >= 4 is 23.1 Å². The molecule has 3 rings (SSSR count). The van der Waals surface area contributed by atoms with Gasteiger partial charge in [0.25, 0.3) is 0 Å². The molecule has 2 aromatic heterocycles. The van der Waals surface area contributed by atoms with Crippen LogP contribution in [0.4, 0.5) is 11.5 Å². The average Bonchev–Trinajstić information content (AvgIpc) is 2.87. The van der Waals surface area contributed by atoms with Gasteiger partial charge in [0.05, 0.1) is 5.69 Å². The van der Waals surface area contributed by atoms with Crippen molar-refractivity contribution in [2.75, 3.05) is 0 Å². The first-order valence-corrected chi connectivity index (χ1v) is 6.48. The predicted octanol–water partition coefficient (Wildman–Crippen LogP) is 3.46. The van der Waals surface area contributed by atoms with Crippen LogP contribution in [0, 0.1) is 6.92 Å². The molecule has 0 aliphatic rings. The Kier molecular flexibility index (Phi) is 3.30. The summed E-state index contributed by atoms with van der Waals surface area (Å²) in [5.41, 5.74) is 1.64. The second-order valence-corrected chi connectivity index (χ2v) is 4.67. The topological polar surface area (TPSA) is 99.5 Å². The quantitative estimate of drug-likeness (QED) is 0.723. The summed E-state index contributed by atoms with van der Waals surface area (Å²) in [5.74, 6) is -0.882. The molecular formula is C15H12N4O3. The molecule has 0 bridgehead atoms. The van der Waals surface area contributed by atoms with Gasteiger partial charge < -0.3 is 10.2 Å². The maximum atomic E-state index is 11.3. The van der Waals surface area contributed by atoms with E-state index in [0.717, 1.165) is 5.69 Å². The first-order chi connectivity index (χ1) is 10.6. The molecule has 0 amide bonds. The number of phenols is 1. The summed E-state index contributed by atoms with van der Waals surface area (Å²) in [6, 6.07) is 11.5. The number of fused-ring (bicyclic) bond motifs is 1. The lowest BCUT2D eigenvalue weighted by Crippen LogP contribution is -1.97. The third-order valence-electron chi connectivity index (χ3n) is 3.13. The van der Waals surface area contributed by atoms with E-state index >= 15 is 0 Å². The molecule has 0 spiro atoms. The Morgan fingerprint density at radius 1 is 1.14 bits per heavy atom. The molecule has 3 aromatic rings. The smallest absolute Gasteiger partial charge is 0.358 e. The van der Waals surface area contributed by atoms with E-state index < -0.39 is 5.97 Å². The molecule has 0 fully saturated rings. The van der Waals surface area contributed by atoms with Crippen LogP contribution in [0.15, 0.2) is 52.7 Å². The van der Waals surface area contributed by atoms with E-state index in [9.17, 15) is 15.0 Å². The summed E-state index contributed by atoms with van der Waals surface area (Å²) < 4.78 is 1.63. The monoisotopic (exact) mass is 296 g/mol. The van der Waals surface area contributed by atoms with E-state index in [0.29, 0.717) is 11.3 Å². The second kappa shape index (κ2) is 5.28. The number of azo groups is 1. The van der Waals surface area contributed by atoms with Gasteiger partial charge in [0.1, 0.15) is 11.4 Å². The molecule has 7 nitrogen and oxygen atoms in total. The third-order valence-corrected chi connectivity index (χ3v) is 3.13. The number of pyridine rings is 1. The van der Waals surface area contributed by atoms with Crippen LogP contribution < -0.4 is 0 Å². The third kappa shape index (κ3) is 2.39. The number of imidazole rings is 1. The fourth-order valence-corrected chi connectivity index (χ4v) is 2.10. The summed E-state index contributed by atoms with van der Waals surface area (Å²) in [4.78, 5) is 15.4. The van der Waals surface area contributed by atoms with Crippen LogP contribution in [0.1, 0.15) is 16.2 Å². The molecule has 0 saturated heterocycles. The second-order valence-electron chi connectivity index (χ2n) is 4.67. The Morgan fingerprint density at radius 3 is 2.55 bits per heavy atom. The van der Waals surface area contributed by atoms with Gasteiger partial charge in [0.15, 0.2) is 11.5 Å². The number of aromatic nitrogens is 2. The van der Waals surface area contributed by atoms with Crippen molar-refractivity contribution in [3.63, 3.8) is 0 Å². The molecule has 0 radical (unpaired) electrons. The number of aromatic hydroxyl groups is 1. The Bertz CT molecular complexity index is 882. The van der Waals surface area contributed by atoms with Crippen LogP contribution in [0.5, 0.6) is 5.75 Å². The Hall–Kier alpha value is -3.22. The van der Waals surface area contributed by atoms with Crippen LogP contribution in [0.2, 0.25) is 0 Å². The molecule has 0 atom stereocenters. The standard InChI is InChI=1S/C15H12N4O3/c1-9-3-2-4-12-16-13(15(21)22)14(19(9)12)18-17-10-5-7-11(20)8-6-10/h2-8,20H,1H3,(H,21,22). The van der Waals surface area contributed by atoms with Crippen LogP contribution in [-0.4, -0.2) is 25.6 Å². The van der Waals surface area contributed by atoms with Gasteiger partial charge in [-0.3, -0.25) is 4.40 Å². The summed E-state index contributed by atoms with van der Waals surface area (Å²) >= 11 is 0. The molecule has 0 unspecified atom stereocenters. The minimum Gasteiger partial charge on any atom is -0.508 e. The van der Waals surface area contributed by atoms with Crippen molar-refractivity contribution in [3.8, 4) is 5.75 Å². The van der Waals surface area contributed by atoms with Crippen LogP contribution in [0.3, 0.4) is 0 Å². The van der Waals surface area contributed by atoms with E-state index in [2.05, 4.69) is 15.2 Å². The highest BCUT2D eigenvalue weighted by atomic mass is 16.4. The number of aromatic carboxylic acids is 1. The molecule has 0 saturated carbocycles. The normalized spacial score (nSPS) is 11.3. The molecule has 1 aromatic carbocycles. The molecule has 0 aliphatic carbocycles. The van der Waals surface area contributed by atoms with Crippen molar-refractivity contribution in [1.29, 1.82) is 0 Å². The van der Waals surface area contributed by atoms with E-state index in [1.165, 1.54) is 12.1 Å². The number of hydrogen-bond donors (Lipinski definition) is 2. The largest absolute Gasteiger partial charge is 0.508 e. The van der Waals surface area contributed by atoms with Crippen molar-refractivity contribution < 1.29 is 15.0 Å². The molecule has 0 aliphatic heterocycles. The van der Waals surface area contributed by atoms with Crippen molar-refractivity contribution in [2.24, 2.45) is 10.2 Å². The number of carboxylic acids is 1. The Balaban J connectivity index is 2.14. The molecule has 22 heavy (non-hydrogen) atoms. The average molecular weight is 296 g/mol. The number of carbonyl (C=O) groups is 1. The van der Waals surface area contributed by atoms with Crippen molar-refractivity contribution in [2.45, 2.75) is 6.92 Å². The first kappa shape index (κ1) is 13.7. The molecule has 110 valence electrons. The highest BCUT2D eigenvalue weighted by Gasteiger charge is 2.19. The highest BCUT2D eigenvalue weighted by Crippen LogP contribution is 2.26. The van der Waals surface area contributed by atoms with Gasteiger partial charge in [0, 0.05) is 5.69 Å². The summed E-state index contributed by atoms with van der Waals surface area (Å²) in [7, 11) is 0. The fraction of sp³-hybridized carbons (Fsp3) is 0.0667. The Morgan fingerprint density at radius 2 is 1.86 bits per heavy atom. The first-order valence-electron chi connectivity index (χ1n) is 6.48. The van der Waals surface area contributed by atoms with Gasteiger partial charge in [-0.05, 0) is 43.3 Å². The lowest BCUT2D eigenvalue weighted by atomic mass is 10.3. The SMILES string of the molecule is Cc1cccc2nc(C(=O)O)c(N=Nc3ccc(O)cc3)n12. The van der Waals surface area contributed by atoms with Gasteiger partial charge in [-0.25, -0.2) is 9.78 Å². The zero-order chi connectivity index (χ0) is 15.7. The maximum Gasteiger partial charge on any atom is 0.358 e. The van der Waals surface area contributed by atoms with E-state index in [-0.39, 0.29) is 17.3 Å². The van der Waals surface area contributed by atoms with Gasteiger partial charge in [0.2, 0.25) is 0 Å². The number of phenolic OH excluding ortho intramolecular Hbond substituents is 1. The van der Waals surface area contributed by atoms with Crippen molar-refractivity contribution in [3.05, 3.63) is 53.9 Å². The summed E-state index contributed by atoms with van der Waals surface area (Å²) in [6.07, 6.45) is 0. The van der Waals surface area contributed by atoms with Gasteiger partial charge in [-0.1, -0.05) is 6.07 Å². The lowest BCUT2D eigenvalue weighted by Gasteiger charge is -2.00. The number of rotatable bonds is 3. The number of carboxylic acid groups (broad SMARTS) is 1. The van der Waals surface area contributed by atoms with Gasteiger partial charge >= 0.3 is 5.97 Å². The maximum absolute atomic E-state index is 11.3. The van der Waals surface area contributed by atoms with E-state index in [1.807, 2.05) is 13.0 Å². The van der Waals surface area contributed by atoms with Gasteiger partial charge in [-0.2, -0.15) is 0 Å². The van der Waals surface area contributed by atoms with Gasteiger partial charge in [-0.15, -0.1) is 10.2 Å². The fourth-order valence-electron chi connectivity index (χ4n) is 2.10. The number of nitrogens with zero attached hydrogens (tertiary/aromatic N) is 4. The molecule has 7 heteroatoms. The number of aryl methyl sites for hydroxylation is 1. The molecule has 2 heterocycles. The van der Waals surface area contributed by atoms with E-state index in [4.69, 9.17) is 0 Å². The Labute approximate surface area is 125 Å². The van der Waals surface area contributed by atoms with Crippen molar-refractivity contribution in [1.82, 2.24) is 9.38 Å². The highest BCUT2D eigenvalue weighted by molar-refractivity contribution is 5.91. The predicted molar refractivity (Wildman–Crippen MR) is 79.2 cm³/mol. The van der Waals surface area contributed by atoms with Crippen LogP contribution in [0.25, 0.3) is 5.65 Å². The zero-order valence-corrected chi connectivity index (χ0v) is 11.6. The summed E-state index contributed by atoms with van der Waals surface area (Å²) in [5, 5.41) is 26.6. The van der Waals surface area contributed by atoms with E-state index in [1.54, 1.807) is 28.7 Å². The summed E-state index contributed by atoms with van der Waals surface area (Å²) in [6.45, 7) is 1.83. The van der Waals surface area contributed by atoms with Crippen LogP contribution >= 0.6 is 0 Å². The number of hydrogen-bond acceptors (Lipinski definition) is 5. The molecule has 2 N–H and O–H groups in total. The van der Waals surface area contributed by atoms with Crippen LogP contribution in [-0.2, 0) is 0 Å². The minimum atomic E-state index is -1.16. The minimum absolute atomic E-state index is 0.121. The number of benzene rings is 1.